The van der Waals surface area contributed by atoms with Gasteiger partial charge in [0.05, 0.1) is 0 Å². The average Bonchev–Trinajstić information content (AvgIpc) is 3.13. The maximum Gasteiger partial charge on any atom is 0.257 e. The Morgan fingerprint density at radius 2 is 1.89 bits per heavy atom. The number of aryl methyl sites for hydroxylation is 1. The molecule has 2 aromatic carbocycles. The molecule has 7 heteroatoms. The van der Waals surface area contributed by atoms with Crippen molar-refractivity contribution in [1.82, 2.24) is 5.32 Å². The summed E-state index contributed by atoms with van der Waals surface area (Å²) >= 11 is 5.21. The first kappa shape index (κ1) is 18.8. The van der Waals surface area contributed by atoms with Crippen molar-refractivity contribution in [3.8, 4) is 11.3 Å². The number of hydrogen-bond donors (Lipinski definition) is 3. The molecule has 0 spiro atoms. The highest BCUT2D eigenvalue weighted by atomic mass is 32.1. The van der Waals surface area contributed by atoms with Gasteiger partial charge in [0.25, 0.3) is 5.91 Å². The zero-order valence-corrected chi connectivity index (χ0v) is 15.3. The summed E-state index contributed by atoms with van der Waals surface area (Å²) in [4.78, 5) is 12.2. The first-order valence-electron chi connectivity index (χ1n) is 8.15. The lowest BCUT2D eigenvalue weighted by Crippen LogP contribution is -2.34. The quantitative estimate of drug-likeness (QED) is 0.593. The SMILES string of the molecule is Cc1ccc(-c2ccc(CO)o2)cc1NC(=S)NC(=O)c1ccc(F)cc1. The van der Waals surface area contributed by atoms with Crippen LogP contribution in [0.25, 0.3) is 11.3 Å². The van der Waals surface area contributed by atoms with E-state index in [2.05, 4.69) is 10.6 Å². The van der Waals surface area contributed by atoms with E-state index in [0.717, 1.165) is 11.1 Å². The predicted molar refractivity (Wildman–Crippen MR) is 105 cm³/mol. The van der Waals surface area contributed by atoms with E-state index in [1.54, 1.807) is 12.1 Å². The van der Waals surface area contributed by atoms with Crippen molar-refractivity contribution >= 4 is 28.9 Å². The zero-order chi connectivity index (χ0) is 19.4. The number of benzene rings is 2. The molecular formula is C20H17FN2O3S. The van der Waals surface area contributed by atoms with Gasteiger partial charge in [-0.05, 0) is 67.2 Å². The van der Waals surface area contributed by atoms with Crippen molar-refractivity contribution in [3.63, 3.8) is 0 Å². The molecule has 0 unspecified atom stereocenters. The molecule has 3 N–H and O–H groups in total. The van der Waals surface area contributed by atoms with Crippen LogP contribution in [-0.2, 0) is 6.61 Å². The molecule has 3 aromatic rings. The Labute approximate surface area is 160 Å². The predicted octanol–water partition coefficient (Wildman–Crippen LogP) is 4.01. The smallest absolute Gasteiger partial charge is 0.257 e. The van der Waals surface area contributed by atoms with Crippen molar-refractivity contribution in [1.29, 1.82) is 0 Å². The number of hydrogen-bond acceptors (Lipinski definition) is 4. The van der Waals surface area contributed by atoms with Crippen LogP contribution in [0, 0.1) is 12.7 Å². The topological polar surface area (TPSA) is 74.5 Å². The fourth-order valence-corrected chi connectivity index (χ4v) is 2.66. The maximum atomic E-state index is 13.0. The molecule has 0 radical (unpaired) electrons. The van der Waals surface area contributed by atoms with Gasteiger partial charge in [0, 0.05) is 16.8 Å². The van der Waals surface area contributed by atoms with E-state index in [9.17, 15) is 9.18 Å². The number of furan rings is 1. The van der Waals surface area contributed by atoms with Gasteiger partial charge in [0.15, 0.2) is 5.11 Å². The second-order valence-corrected chi connectivity index (χ2v) is 6.28. The summed E-state index contributed by atoms with van der Waals surface area (Å²) in [7, 11) is 0. The van der Waals surface area contributed by atoms with Crippen molar-refractivity contribution in [2.45, 2.75) is 13.5 Å². The van der Waals surface area contributed by atoms with Gasteiger partial charge in [-0.25, -0.2) is 4.39 Å². The van der Waals surface area contributed by atoms with Crippen molar-refractivity contribution < 1.29 is 18.7 Å². The lowest BCUT2D eigenvalue weighted by atomic mass is 10.1. The Hall–Kier alpha value is -3.03. The highest BCUT2D eigenvalue weighted by Gasteiger charge is 2.11. The molecule has 27 heavy (non-hydrogen) atoms. The van der Waals surface area contributed by atoms with Crippen molar-refractivity contribution in [2.75, 3.05) is 5.32 Å². The molecule has 0 aliphatic rings. The van der Waals surface area contributed by atoms with Gasteiger partial charge in [0.1, 0.15) is 23.9 Å². The summed E-state index contributed by atoms with van der Waals surface area (Å²) in [5.41, 5.74) is 2.73. The van der Waals surface area contributed by atoms with Gasteiger partial charge < -0.3 is 14.8 Å². The van der Waals surface area contributed by atoms with E-state index in [0.29, 0.717) is 22.8 Å². The summed E-state index contributed by atoms with van der Waals surface area (Å²) < 4.78 is 18.5. The second kappa shape index (κ2) is 8.11. The lowest BCUT2D eigenvalue weighted by molar-refractivity contribution is 0.0977. The summed E-state index contributed by atoms with van der Waals surface area (Å²) in [6, 6.07) is 14.3. The van der Waals surface area contributed by atoms with Gasteiger partial charge >= 0.3 is 0 Å². The normalized spacial score (nSPS) is 10.5. The minimum atomic E-state index is -0.431. The number of aliphatic hydroxyl groups is 1. The minimum absolute atomic E-state index is 0.125. The van der Waals surface area contributed by atoms with Crippen LogP contribution in [0.4, 0.5) is 10.1 Å². The molecule has 0 atom stereocenters. The van der Waals surface area contributed by atoms with Gasteiger partial charge in [-0.15, -0.1) is 0 Å². The monoisotopic (exact) mass is 384 g/mol. The number of halogens is 1. The summed E-state index contributed by atoms with van der Waals surface area (Å²) in [6.45, 7) is 1.73. The highest BCUT2D eigenvalue weighted by molar-refractivity contribution is 7.80. The first-order chi connectivity index (χ1) is 13.0. The number of rotatable bonds is 4. The van der Waals surface area contributed by atoms with Crippen LogP contribution in [0.15, 0.2) is 59.0 Å². The van der Waals surface area contributed by atoms with E-state index in [-0.39, 0.29) is 11.7 Å². The Morgan fingerprint density at radius 1 is 1.15 bits per heavy atom. The summed E-state index contributed by atoms with van der Waals surface area (Å²) in [5.74, 6) is 0.243. The number of thiocarbonyl (C=S) groups is 1. The third-order valence-corrected chi connectivity index (χ3v) is 4.13. The largest absolute Gasteiger partial charge is 0.459 e. The molecule has 138 valence electrons. The number of amides is 1. The van der Waals surface area contributed by atoms with E-state index in [4.69, 9.17) is 21.7 Å². The van der Waals surface area contributed by atoms with Gasteiger partial charge in [0.2, 0.25) is 0 Å². The molecule has 0 saturated carbocycles. The van der Waals surface area contributed by atoms with Crippen molar-refractivity contribution in [2.24, 2.45) is 0 Å². The van der Waals surface area contributed by atoms with E-state index < -0.39 is 11.7 Å². The molecule has 0 aliphatic heterocycles. The molecular weight excluding hydrogens is 367 g/mol. The lowest BCUT2D eigenvalue weighted by Gasteiger charge is -2.13. The number of nitrogens with one attached hydrogen (secondary N) is 2. The number of carbonyl (C=O) groups excluding carboxylic acids is 1. The minimum Gasteiger partial charge on any atom is -0.459 e. The van der Waals surface area contributed by atoms with Gasteiger partial charge in [-0.2, -0.15) is 0 Å². The Kier molecular flexibility index (Phi) is 5.63. The fraction of sp³-hybridized carbons (Fsp3) is 0.100. The zero-order valence-electron chi connectivity index (χ0n) is 14.5. The molecule has 1 heterocycles. The standard InChI is InChI=1S/C20H17FN2O3S/c1-12-2-3-14(18-9-8-16(11-24)26-18)10-17(12)22-20(27)23-19(25)13-4-6-15(21)7-5-13/h2-10,24H,11H2,1H3,(H2,22,23,25,27). The van der Waals surface area contributed by atoms with Crippen LogP contribution in [0.1, 0.15) is 21.7 Å². The number of aliphatic hydroxyl groups excluding tert-OH is 1. The molecule has 5 nitrogen and oxygen atoms in total. The molecule has 0 bridgehead atoms. The van der Waals surface area contributed by atoms with Gasteiger partial charge in [-0.3, -0.25) is 10.1 Å². The molecule has 3 rings (SSSR count). The molecule has 1 aromatic heterocycles. The van der Waals surface area contributed by atoms with E-state index in [1.165, 1.54) is 24.3 Å². The number of anilines is 1. The third-order valence-electron chi connectivity index (χ3n) is 3.92. The van der Waals surface area contributed by atoms with Crippen LogP contribution in [0.5, 0.6) is 0 Å². The van der Waals surface area contributed by atoms with Crippen LogP contribution in [0.3, 0.4) is 0 Å². The first-order valence-corrected chi connectivity index (χ1v) is 8.55. The maximum absolute atomic E-state index is 13.0. The van der Waals surface area contributed by atoms with E-state index in [1.807, 2.05) is 25.1 Å². The summed E-state index contributed by atoms with van der Waals surface area (Å²) in [5, 5.41) is 14.8. The van der Waals surface area contributed by atoms with Crippen molar-refractivity contribution in [3.05, 3.63) is 77.3 Å². The third kappa shape index (κ3) is 4.58. The fourth-order valence-electron chi connectivity index (χ4n) is 2.46. The second-order valence-electron chi connectivity index (χ2n) is 5.87. The van der Waals surface area contributed by atoms with Crippen LogP contribution in [-0.4, -0.2) is 16.1 Å². The number of carbonyl (C=O) groups is 1. The molecule has 1 amide bonds. The Morgan fingerprint density at radius 3 is 2.56 bits per heavy atom. The highest BCUT2D eigenvalue weighted by Crippen LogP contribution is 2.27. The van der Waals surface area contributed by atoms with Crippen LogP contribution < -0.4 is 10.6 Å². The summed E-state index contributed by atoms with van der Waals surface area (Å²) in [6.07, 6.45) is 0. The molecule has 0 fully saturated rings. The molecule has 0 saturated heterocycles. The Bertz CT molecular complexity index is 983. The van der Waals surface area contributed by atoms with Gasteiger partial charge in [-0.1, -0.05) is 12.1 Å². The van der Waals surface area contributed by atoms with Crippen LogP contribution >= 0.6 is 12.2 Å². The molecule has 0 aliphatic carbocycles. The Balaban J connectivity index is 1.72. The van der Waals surface area contributed by atoms with Crippen LogP contribution in [0.2, 0.25) is 0 Å². The average molecular weight is 384 g/mol. The van der Waals surface area contributed by atoms with E-state index >= 15 is 0 Å².